The van der Waals surface area contributed by atoms with Crippen LogP contribution in [-0.4, -0.2) is 0 Å². The average molecular weight is 353 g/mol. The Kier molecular flexibility index (Phi) is 3.13. The van der Waals surface area contributed by atoms with Gasteiger partial charge in [0.2, 0.25) is 0 Å². The lowest BCUT2D eigenvalue weighted by Gasteiger charge is -2.59. The van der Waals surface area contributed by atoms with Gasteiger partial charge in [-0.15, -0.1) is 0 Å². The summed E-state index contributed by atoms with van der Waals surface area (Å²) < 4.78 is 0. The Balaban J connectivity index is 1.40. The molecule has 0 radical (unpaired) electrons. The Hall–Kier alpha value is 0. The maximum absolute atomic E-state index is 2.62. The zero-order valence-corrected chi connectivity index (χ0v) is 17.2. The first kappa shape index (κ1) is 15.9. The first-order valence-electron chi connectivity index (χ1n) is 12.7. The number of hydrogen-bond acceptors (Lipinski definition) is 0. The van der Waals surface area contributed by atoms with E-state index in [4.69, 9.17) is 0 Å². The van der Waals surface area contributed by atoms with E-state index in [2.05, 4.69) is 13.8 Å². The van der Waals surface area contributed by atoms with E-state index in [1.807, 2.05) is 0 Å². The van der Waals surface area contributed by atoms with Crippen LogP contribution in [0.1, 0.15) is 84.5 Å². The third-order valence-electron chi connectivity index (χ3n) is 12.0. The van der Waals surface area contributed by atoms with Crippen molar-refractivity contribution in [2.24, 2.45) is 76.4 Å². The monoisotopic (exact) mass is 352 g/mol. The van der Waals surface area contributed by atoms with Gasteiger partial charge in [-0.3, -0.25) is 0 Å². The van der Waals surface area contributed by atoms with Crippen LogP contribution in [0.4, 0.5) is 0 Å². The predicted octanol–water partition coefficient (Wildman–Crippen LogP) is 6.79. The van der Waals surface area contributed by atoms with Gasteiger partial charge in [0.25, 0.3) is 0 Å². The summed E-state index contributed by atoms with van der Waals surface area (Å²) in [7, 11) is 0. The van der Waals surface area contributed by atoms with Gasteiger partial charge in [0.1, 0.15) is 0 Å². The molecule has 7 fully saturated rings. The number of rotatable bonds is 0. The van der Waals surface area contributed by atoms with E-state index >= 15 is 0 Å². The molecule has 0 N–H and O–H groups in total. The first-order chi connectivity index (χ1) is 12.7. The van der Waals surface area contributed by atoms with Gasteiger partial charge in [0, 0.05) is 0 Å². The van der Waals surface area contributed by atoms with Crippen LogP contribution in [0.2, 0.25) is 0 Å². The van der Waals surface area contributed by atoms with Crippen molar-refractivity contribution in [1.29, 1.82) is 0 Å². The molecule has 0 heterocycles. The zero-order valence-electron chi connectivity index (χ0n) is 17.2. The molecule has 13 atom stereocenters. The Morgan fingerprint density at radius 3 is 2.31 bits per heavy atom. The second-order valence-electron chi connectivity index (χ2n) is 12.8. The maximum Gasteiger partial charge on any atom is -0.0196 e. The Morgan fingerprint density at radius 2 is 1.38 bits per heavy atom. The Labute approximate surface area is 161 Å². The molecule has 0 bridgehead atoms. The molecule has 0 saturated heterocycles. The second-order valence-corrected chi connectivity index (χ2v) is 12.8. The quantitative estimate of drug-likeness (QED) is 0.450. The van der Waals surface area contributed by atoms with Gasteiger partial charge in [-0.1, -0.05) is 20.3 Å². The van der Waals surface area contributed by atoms with Crippen LogP contribution in [-0.2, 0) is 0 Å². The summed E-state index contributed by atoms with van der Waals surface area (Å²) in [6, 6.07) is 0. The van der Waals surface area contributed by atoms with Crippen molar-refractivity contribution in [2.75, 3.05) is 0 Å². The van der Waals surface area contributed by atoms with Gasteiger partial charge in [0.15, 0.2) is 0 Å². The maximum atomic E-state index is 2.62. The summed E-state index contributed by atoms with van der Waals surface area (Å²) in [6.45, 7) is 5.22. The highest BCUT2D eigenvalue weighted by atomic mass is 14.8. The molecule has 26 heavy (non-hydrogen) atoms. The minimum Gasteiger partial charge on any atom is -0.0625 e. The molecule has 1 spiro atoms. The van der Waals surface area contributed by atoms with E-state index in [0.29, 0.717) is 0 Å². The fourth-order valence-corrected chi connectivity index (χ4v) is 12.3. The van der Waals surface area contributed by atoms with Crippen molar-refractivity contribution < 1.29 is 0 Å². The van der Waals surface area contributed by atoms with Crippen molar-refractivity contribution >= 4 is 0 Å². The molecule has 144 valence electrons. The van der Waals surface area contributed by atoms with E-state index in [0.717, 1.165) is 46.8 Å². The van der Waals surface area contributed by atoms with Crippen molar-refractivity contribution in [3.63, 3.8) is 0 Å². The average Bonchev–Trinajstić information content (AvgIpc) is 3.26. The van der Waals surface area contributed by atoms with Crippen molar-refractivity contribution in [3.05, 3.63) is 0 Å². The minimum absolute atomic E-state index is 0.859. The van der Waals surface area contributed by atoms with Gasteiger partial charge in [0.05, 0.1) is 0 Å². The Morgan fingerprint density at radius 1 is 0.615 bits per heavy atom. The van der Waals surface area contributed by atoms with Crippen LogP contribution in [0.3, 0.4) is 0 Å². The summed E-state index contributed by atoms with van der Waals surface area (Å²) in [6.07, 6.45) is 17.9. The molecule has 0 heteroatoms. The molecule has 13 unspecified atom stereocenters. The lowest BCUT2D eigenvalue weighted by molar-refractivity contribution is -0.115. The first-order valence-corrected chi connectivity index (χ1v) is 12.7. The molecule has 0 amide bonds. The Bertz CT molecular complexity index is 607. The third-order valence-corrected chi connectivity index (χ3v) is 12.0. The zero-order chi connectivity index (χ0) is 17.2. The molecular formula is C26H40. The SMILES string of the molecule is CC1CC2CCC3CC4CC(C)CC5C6CCCC6C6(CC(C1)C2C36)C45. The van der Waals surface area contributed by atoms with Gasteiger partial charge in [-0.05, 0) is 141 Å². The summed E-state index contributed by atoms with van der Waals surface area (Å²) >= 11 is 0. The largest absolute Gasteiger partial charge is 0.0625 e. The van der Waals surface area contributed by atoms with Crippen LogP contribution < -0.4 is 0 Å². The lowest BCUT2D eigenvalue weighted by Crippen LogP contribution is -2.53. The predicted molar refractivity (Wildman–Crippen MR) is 106 cm³/mol. The highest BCUT2D eigenvalue weighted by Gasteiger charge is 2.74. The fourth-order valence-electron chi connectivity index (χ4n) is 12.3. The van der Waals surface area contributed by atoms with Crippen molar-refractivity contribution in [3.8, 4) is 0 Å². The summed E-state index contributed by atoms with van der Waals surface area (Å²) in [5.41, 5.74) is 0.859. The molecular weight excluding hydrogens is 312 g/mol. The van der Waals surface area contributed by atoms with Gasteiger partial charge in [-0.2, -0.15) is 0 Å². The van der Waals surface area contributed by atoms with Crippen molar-refractivity contribution in [2.45, 2.75) is 84.5 Å². The molecule has 7 saturated carbocycles. The second kappa shape index (κ2) is 5.13. The van der Waals surface area contributed by atoms with E-state index < -0.39 is 0 Å². The lowest BCUT2D eigenvalue weighted by atomic mass is 9.45. The van der Waals surface area contributed by atoms with Crippen LogP contribution >= 0.6 is 0 Å². The normalized spacial score (nSPS) is 67.6. The number of fused-ring (bicyclic) bond motifs is 2. The molecule has 7 aliphatic carbocycles. The van der Waals surface area contributed by atoms with Gasteiger partial charge in [-0.25, -0.2) is 0 Å². The van der Waals surface area contributed by atoms with E-state index in [9.17, 15) is 0 Å². The fraction of sp³-hybridized carbons (Fsp3) is 1.00. The smallest absolute Gasteiger partial charge is 0.0196 e. The molecule has 7 rings (SSSR count). The summed E-state index contributed by atoms with van der Waals surface area (Å²) in [5.74, 6) is 13.7. The van der Waals surface area contributed by atoms with E-state index in [-0.39, 0.29) is 0 Å². The summed E-state index contributed by atoms with van der Waals surface area (Å²) in [4.78, 5) is 0. The van der Waals surface area contributed by atoms with Crippen molar-refractivity contribution in [1.82, 2.24) is 0 Å². The molecule has 0 nitrogen and oxygen atoms in total. The minimum atomic E-state index is 0.859. The van der Waals surface area contributed by atoms with Gasteiger partial charge < -0.3 is 0 Å². The highest BCUT2D eigenvalue weighted by Crippen LogP contribution is 2.80. The van der Waals surface area contributed by atoms with Crippen LogP contribution in [0.15, 0.2) is 0 Å². The van der Waals surface area contributed by atoms with E-state index in [1.54, 1.807) is 70.6 Å². The number of hydrogen-bond donors (Lipinski definition) is 0. The van der Waals surface area contributed by atoms with Gasteiger partial charge >= 0.3 is 0 Å². The molecule has 0 aromatic rings. The molecule has 0 aromatic heterocycles. The third kappa shape index (κ3) is 1.72. The highest BCUT2D eigenvalue weighted by molar-refractivity contribution is 5.22. The summed E-state index contributed by atoms with van der Waals surface area (Å²) in [5, 5.41) is 0. The molecule has 0 aliphatic heterocycles. The van der Waals surface area contributed by atoms with Crippen LogP contribution in [0.25, 0.3) is 0 Å². The molecule has 0 aromatic carbocycles. The van der Waals surface area contributed by atoms with Crippen LogP contribution in [0, 0.1) is 76.4 Å². The van der Waals surface area contributed by atoms with E-state index in [1.165, 1.54) is 29.6 Å². The standard InChI is InChI=1S/C26H40/c1-14-8-16-6-7-17-12-18-9-15(2)11-21-20-4-3-5-22(20)26(24(18)21)13-19(10-14)23(16)25(17)26/h14-25H,3-13H2,1-2H3. The van der Waals surface area contributed by atoms with Crippen LogP contribution in [0.5, 0.6) is 0 Å². The topological polar surface area (TPSA) is 0 Å². The molecule has 7 aliphatic rings.